The smallest absolute Gasteiger partial charge is 0 e. The van der Waals surface area contributed by atoms with E-state index in [4.69, 9.17) is 4.42 Å². The molecule has 7 heteroatoms. The summed E-state index contributed by atoms with van der Waals surface area (Å²) in [5, 5.41) is 1.94. The predicted molar refractivity (Wildman–Crippen MR) is 171 cm³/mol. The van der Waals surface area contributed by atoms with Crippen molar-refractivity contribution in [2.45, 2.75) is 49.4 Å². The maximum atomic E-state index is 14.3. The summed E-state index contributed by atoms with van der Waals surface area (Å²) in [5.74, 6) is 7.52. The van der Waals surface area contributed by atoms with Gasteiger partial charge in [-0.3, -0.25) is 0 Å². The summed E-state index contributed by atoms with van der Waals surface area (Å²) >= 11 is -1.72. The summed E-state index contributed by atoms with van der Waals surface area (Å²) in [6.07, 6.45) is 10.8. The number of hydrogen-bond donors (Lipinski definition) is 0. The topological polar surface area (TPSA) is 51.8 Å². The second-order valence-electron chi connectivity index (χ2n) is 12.1. The monoisotopic (exact) mass is 810 g/mol. The molecule has 0 aliphatic heterocycles. The third kappa shape index (κ3) is 7.31. The third-order valence-corrected chi connectivity index (χ3v) is 12.2. The average molecular weight is 809 g/mol. The van der Waals surface area contributed by atoms with Crippen LogP contribution in [-0.2, 0) is 26.5 Å². The SMILES string of the molecule is Fc1cnc(-c2[c-]cc3oc4ncccc4c3c2)cc1CC1CCCC1.[CH3][Ge]([CH3])([CH3])[c]1ccc(-c2[c-]cccc2)nc1.[Ir]. The third-order valence-electron chi connectivity index (χ3n) is 7.99. The van der Waals surface area contributed by atoms with E-state index < -0.39 is 13.3 Å². The van der Waals surface area contributed by atoms with Gasteiger partial charge in [-0.15, -0.1) is 23.8 Å². The molecule has 0 spiro atoms. The Morgan fingerprint density at radius 3 is 2.40 bits per heavy atom. The van der Waals surface area contributed by atoms with Gasteiger partial charge in [0, 0.05) is 31.7 Å². The summed E-state index contributed by atoms with van der Waals surface area (Å²) < 4.78 is 21.5. The Bertz CT molecular complexity index is 1810. The molecule has 0 N–H and O–H groups in total. The minimum Gasteiger partial charge on any atom is 0 e. The summed E-state index contributed by atoms with van der Waals surface area (Å²) in [6, 6.07) is 28.3. The number of rotatable bonds is 5. The van der Waals surface area contributed by atoms with E-state index in [-0.39, 0.29) is 25.9 Å². The van der Waals surface area contributed by atoms with E-state index in [0.717, 1.165) is 50.9 Å². The Labute approximate surface area is 268 Å². The molecule has 7 rings (SSSR count). The summed E-state index contributed by atoms with van der Waals surface area (Å²) in [6.45, 7) is 0. The van der Waals surface area contributed by atoms with Gasteiger partial charge in [-0.1, -0.05) is 37.1 Å². The van der Waals surface area contributed by atoms with Crippen molar-refractivity contribution in [3.8, 4) is 22.5 Å². The molecule has 6 aromatic rings. The van der Waals surface area contributed by atoms with E-state index in [9.17, 15) is 4.39 Å². The van der Waals surface area contributed by atoms with Crippen LogP contribution < -0.4 is 4.40 Å². The van der Waals surface area contributed by atoms with Crippen LogP contribution in [-0.4, -0.2) is 28.2 Å². The van der Waals surface area contributed by atoms with Gasteiger partial charge < -0.3 is 9.40 Å². The van der Waals surface area contributed by atoms with Gasteiger partial charge in [-0.05, 0) is 35.7 Å². The first-order chi connectivity index (χ1) is 20.3. The molecule has 1 saturated carbocycles. The Balaban J connectivity index is 0.000000188. The molecule has 4 nitrogen and oxygen atoms in total. The number of fused-ring (bicyclic) bond motifs is 3. The predicted octanol–water partition coefficient (Wildman–Crippen LogP) is 8.81. The van der Waals surface area contributed by atoms with E-state index in [1.54, 1.807) is 6.20 Å². The van der Waals surface area contributed by atoms with Crippen LogP contribution in [0.5, 0.6) is 0 Å². The van der Waals surface area contributed by atoms with Crippen molar-refractivity contribution in [1.29, 1.82) is 0 Å². The van der Waals surface area contributed by atoms with Crippen LogP contribution in [0.4, 0.5) is 4.39 Å². The van der Waals surface area contributed by atoms with E-state index >= 15 is 0 Å². The number of aromatic nitrogens is 3. The number of furan rings is 1. The minimum absolute atomic E-state index is 0. The first-order valence-electron chi connectivity index (χ1n) is 14.6. The normalized spacial score (nSPS) is 13.5. The van der Waals surface area contributed by atoms with Crippen LogP contribution in [0.1, 0.15) is 31.2 Å². The Morgan fingerprint density at radius 1 is 0.860 bits per heavy atom. The Kier molecular flexibility index (Phi) is 9.90. The van der Waals surface area contributed by atoms with Gasteiger partial charge in [0.25, 0.3) is 0 Å². The molecule has 0 bridgehead atoms. The van der Waals surface area contributed by atoms with Crippen LogP contribution in [0.3, 0.4) is 0 Å². The molecular formula is C36H34FGeIrN3O-2. The fourth-order valence-corrected chi connectivity index (χ4v) is 7.73. The molecule has 2 aromatic carbocycles. The van der Waals surface area contributed by atoms with Crippen LogP contribution in [0.25, 0.3) is 44.6 Å². The summed E-state index contributed by atoms with van der Waals surface area (Å²) in [4.78, 5) is 13.1. The van der Waals surface area contributed by atoms with Crippen LogP contribution in [0, 0.1) is 23.9 Å². The maximum absolute atomic E-state index is 14.3. The second kappa shape index (κ2) is 13.6. The molecule has 0 unspecified atom stereocenters. The second-order valence-corrected chi connectivity index (χ2v) is 22.7. The number of halogens is 1. The standard InChI is InChI=1S/C22H18FN2O.C14H16GeN.Ir/c23-19-13-25-20(12-16(19)10-14-4-1-2-5-14)15-7-8-21-18(11-15)17-6-3-9-24-22(17)26-21;1-15(2,3)13-9-10-14(16-11-13)12-7-5-4-6-8-12;/h3,6,8-9,11-14H,1-2,4-5,10H2;4-7,9-11H,1-3H3;/q2*-1;. The molecule has 221 valence electrons. The molecule has 1 radical (unpaired) electrons. The van der Waals surface area contributed by atoms with Crippen molar-refractivity contribution in [2.75, 3.05) is 0 Å². The van der Waals surface area contributed by atoms with Gasteiger partial charge in [0.05, 0.1) is 11.8 Å². The van der Waals surface area contributed by atoms with Gasteiger partial charge in [0.15, 0.2) is 0 Å². The minimum atomic E-state index is -1.72. The van der Waals surface area contributed by atoms with Crippen LogP contribution in [0.15, 0.2) is 89.7 Å². The number of hydrogen-bond acceptors (Lipinski definition) is 4. The average Bonchev–Trinajstić information content (AvgIpc) is 3.66. The van der Waals surface area contributed by atoms with Crippen molar-refractivity contribution >= 4 is 39.7 Å². The molecule has 4 aromatic heterocycles. The molecule has 43 heavy (non-hydrogen) atoms. The molecule has 1 aliphatic carbocycles. The Hall–Kier alpha value is -3.19. The fourth-order valence-electron chi connectivity index (χ4n) is 5.56. The van der Waals surface area contributed by atoms with Crippen molar-refractivity contribution in [2.24, 2.45) is 5.92 Å². The Morgan fingerprint density at radius 2 is 1.67 bits per heavy atom. The molecular weight excluding hydrogens is 774 g/mol. The number of pyridine rings is 3. The van der Waals surface area contributed by atoms with Crippen LogP contribution >= 0.6 is 0 Å². The zero-order valence-electron chi connectivity index (χ0n) is 24.7. The van der Waals surface area contributed by atoms with Gasteiger partial charge in [0.2, 0.25) is 5.71 Å². The zero-order chi connectivity index (χ0) is 29.1. The van der Waals surface area contributed by atoms with Gasteiger partial charge in [0.1, 0.15) is 5.82 Å². The van der Waals surface area contributed by atoms with Crippen molar-refractivity contribution in [3.63, 3.8) is 0 Å². The van der Waals surface area contributed by atoms with E-state index in [1.165, 1.54) is 36.3 Å². The van der Waals surface area contributed by atoms with Crippen LogP contribution in [0.2, 0.25) is 17.3 Å². The summed E-state index contributed by atoms with van der Waals surface area (Å²) in [5.41, 5.74) is 5.79. The van der Waals surface area contributed by atoms with Crippen molar-refractivity contribution < 1.29 is 28.9 Å². The molecule has 0 amide bonds. The molecule has 0 atom stereocenters. The molecule has 1 fully saturated rings. The number of nitrogens with zero attached hydrogens (tertiary/aromatic N) is 3. The molecule has 4 heterocycles. The van der Waals surface area contributed by atoms with Gasteiger partial charge in [-0.2, -0.15) is 0 Å². The molecule has 1 aliphatic rings. The summed E-state index contributed by atoms with van der Waals surface area (Å²) in [7, 11) is 0. The largest absolute Gasteiger partial charge is 0 e. The molecule has 0 saturated heterocycles. The van der Waals surface area contributed by atoms with Crippen molar-refractivity contribution in [3.05, 3.63) is 109 Å². The van der Waals surface area contributed by atoms with E-state index in [0.29, 0.717) is 11.6 Å². The van der Waals surface area contributed by atoms with Crippen molar-refractivity contribution in [1.82, 2.24) is 15.0 Å². The maximum Gasteiger partial charge on any atom is 0 e. The zero-order valence-corrected chi connectivity index (χ0v) is 29.2. The van der Waals surface area contributed by atoms with Gasteiger partial charge in [-0.25, -0.2) is 9.37 Å². The van der Waals surface area contributed by atoms with E-state index in [2.05, 4.69) is 56.5 Å². The fraction of sp³-hybridized carbons (Fsp3) is 0.250. The first-order valence-corrected chi connectivity index (χ1v) is 22.0. The quantitative estimate of drug-likeness (QED) is 0.129. The van der Waals surface area contributed by atoms with Gasteiger partial charge >= 0.3 is 99.8 Å². The number of benzene rings is 2. The van der Waals surface area contributed by atoms with E-state index in [1.807, 2.05) is 60.8 Å². The first kappa shape index (κ1) is 31.2.